The lowest BCUT2D eigenvalue weighted by atomic mass is 10.0. The third kappa shape index (κ3) is 3.59. The second-order valence-corrected chi connectivity index (χ2v) is 4.86. The molecule has 1 aliphatic carbocycles. The van der Waals surface area contributed by atoms with Gasteiger partial charge in [0.15, 0.2) is 0 Å². The largest absolute Gasteiger partial charge is 0.326 e. The molecule has 0 fully saturated rings. The highest BCUT2D eigenvalue weighted by atomic mass is 16.1. The lowest BCUT2D eigenvalue weighted by Gasteiger charge is -2.09. The summed E-state index contributed by atoms with van der Waals surface area (Å²) < 4.78 is 0. The van der Waals surface area contributed by atoms with Crippen molar-refractivity contribution in [1.29, 1.82) is 0 Å². The molecule has 0 unspecified atom stereocenters. The zero-order valence-corrected chi connectivity index (χ0v) is 11.0. The van der Waals surface area contributed by atoms with E-state index in [0.29, 0.717) is 6.42 Å². The number of anilines is 1. The molecule has 0 bridgehead atoms. The van der Waals surface area contributed by atoms with Gasteiger partial charge in [-0.2, -0.15) is 0 Å². The fraction of sp³-hybridized carbons (Fsp3) is 0.312. The zero-order valence-electron chi connectivity index (χ0n) is 11.0. The minimum Gasteiger partial charge on any atom is -0.326 e. The van der Waals surface area contributed by atoms with Crippen LogP contribution in [0.2, 0.25) is 0 Å². The average Bonchev–Trinajstić information content (AvgIpc) is 2.28. The number of carbonyl (C=O) groups is 1. The molecule has 0 saturated heterocycles. The molecule has 0 heterocycles. The first-order valence-electron chi connectivity index (χ1n) is 6.37. The number of rotatable bonds is 3. The Hall–Kier alpha value is -1.83. The summed E-state index contributed by atoms with van der Waals surface area (Å²) in [5.41, 5.74) is 4.34. The predicted molar refractivity (Wildman–Crippen MR) is 75.6 cm³/mol. The normalized spacial score (nSPS) is 14.2. The summed E-state index contributed by atoms with van der Waals surface area (Å²) in [6, 6.07) is 6.09. The highest BCUT2D eigenvalue weighted by Crippen LogP contribution is 2.17. The molecule has 1 N–H and O–H groups in total. The van der Waals surface area contributed by atoms with E-state index in [4.69, 9.17) is 0 Å². The molecule has 1 aromatic rings. The van der Waals surface area contributed by atoms with Crippen LogP contribution in [0.3, 0.4) is 0 Å². The summed E-state index contributed by atoms with van der Waals surface area (Å²) in [6.45, 7) is 4.07. The van der Waals surface area contributed by atoms with Crippen LogP contribution in [0.15, 0.2) is 42.0 Å². The maximum atomic E-state index is 11.9. The second kappa shape index (κ2) is 5.67. The first-order chi connectivity index (χ1) is 8.63. The Labute approximate surface area is 108 Å². The minimum atomic E-state index is 0.0535. The standard InChI is InChI=1S/C16H19NO/c1-12-8-13(2)10-15(9-12)17-16(18)11-14-6-4-3-5-7-14/h4,6-10H,3,5,11H2,1-2H3,(H,17,18). The molecule has 0 aliphatic heterocycles. The second-order valence-electron chi connectivity index (χ2n) is 4.86. The maximum absolute atomic E-state index is 11.9. The van der Waals surface area contributed by atoms with Gasteiger partial charge in [-0.25, -0.2) is 0 Å². The Balaban J connectivity index is 1.98. The molecular formula is C16H19NO. The summed E-state index contributed by atoms with van der Waals surface area (Å²) in [7, 11) is 0. The molecular weight excluding hydrogens is 222 g/mol. The fourth-order valence-electron chi connectivity index (χ4n) is 2.24. The molecule has 0 saturated carbocycles. The number of amides is 1. The van der Waals surface area contributed by atoms with Crippen LogP contribution in [0.25, 0.3) is 0 Å². The molecule has 1 amide bonds. The molecule has 18 heavy (non-hydrogen) atoms. The summed E-state index contributed by atoms with van der Waals surface area (Å²) in [6.07, 6.45) is 8.90. The van der Waals surface area contributed by atoms with Crippen LogP contribution in [-0.2, 0) is 4.79 Å². The monoisotopic (exact) mass is 241 g/mol. The van der Waals surface area contributed by atoms with E-state index in [9.17, 15) is 4.79 Å². The van der Waals surface area contributed by atoms with Crippen molar-refractivity contribution < 1.29 is 4.79 Å². The highest BCUT2D eigenvalue weighted by molar-refractivity contribution is 5.92. The topological polar surface area (TPSA) is 29.1 Å². The quantitative estimate of drug-likeness (QED) is 0.854. The highest BCUT2D eigenvalue weighted by Gasteiger charge is 2.06. The molecule has 1 aromatic carbocycles. The van der Waals surface area contributed by atoms with Gasteiger partial charge < -0.3 is 5.32 Å². The smallest absolute Gasteiger partial charge is 0.228 e. The first-order valence-corrected chi connectivity index (χ1v) is 6.37. The Morgan fingerprint density at radius 3 is 2.50 bits per heavy atom. The van der Waals surface area contributed by atoms with Gasteiger partial charge in [0.2, 0.25) is 5.91 Å². The lowest BCUT2D eigenvalue weighted by Crippen LogP contribution is -2.12. The molecule has 2 rings (SSSR count). The van der Waals surface area contributed by atoms with E-state index in [-0.39, 0.29) is 5.91 Å². The molecule has 0 radical (unpaired) electrons. The SMILES string of the molecule is Cc1cc(C)cc(NC(=O)CC2=CCCC=C2)c1. The molecule has 0 atom stereocenters. The van der Waals surface area contributed by atoms with Gasteiger partial charge in [0.05, 0.1) is 6.42 Å². The van der Waals surface area contributed by atoms with Crippen molar-refractivity contribution >= 4 is 11.6 Å². The summed E-state index contributed by atoms with van der Waals surface area (Å²) >= 11 is 0. The maximum Gasteiger partial charge on any atom is 0.228 e. The van der Waals surface area contributed by atoms with Crippen LogP contribution < -0.4 is 5.32 Å². The van der Waals surface area contributed by atoms with Crippen molar-refractivity contribution in [3.8, 4) is 0 Å². The average molecular weight is 241 g/mol. The van der Waals surface area contributed by atoms with E-state index >= 15 is 0 Å². The van der Waals surface area contributed by atoms with Gasteiger partial charge in [0.1, 0.15) is 0 Å². The molecule has 0 aromatic heterocycles. The van der Waals surface area contributed by atoms with E-state index in [1.54, 1.807) is 0 Å². The van der Waals surface area contributed by atoms with E-state index in [0.717, 1.165) is 24.1 Å². The summed E-state index contributed by atoms with van der Waals surface area (Å²) in [4.78, 5) is 11.9. The zero-order chi connectivity index (χ0) is 13.0. The molecule has 1 aliphatic rings. The number of hydrogen-bond donors (Lipinski definition) is 1. The molecule has 2 nitrogen and oxygen atoms in total. The minimum absolute atomic E-state index is 0.0535. The number of carbonyl (C=O) groups excluding carboxylic acids is 1. The number of benzene rings is 1. The van der Waals surface area contributed by atoms with Gasteiger partial charge in [-0.05, 0) is 55.5 Å². The van der Waals surface area contributed by atoms with Crippen molar-refractivity contribution in [3.63, 3.8) is 0 Å². The third-order valence-electron chi connectivity index (χ3n) is 2.94. The van der Waals surface area contributed by atoms with Gasteiger partial charge in [-0.3, -0.25) is 4.79 Å². The van der Waals surface area contributed by atoms with Crippen molar-refractivity contribution in [1.82, 2.24) is 0 Å². The van der Waals surface area contributed by atoms with E-state index in [2.05, 4.69) is 23.5 Å². The van der Waals surface area contributed by atoms with Crippen molar-refractivity contribution in [3.05, 3.63) is 53.1 Å². The van der Waals surface area contributed by atoms with E-state index in [1.807, 2.05) is 32.1 Å². The summed E-state index contributed by atoms with van der Waals surface area (Å²) in [5.74, 6) is 0.0535. The van der Waals surface area contributed by atoms with Gasteiger partial charge >= 0.3 is 0 Å². The van der Waals surface area contributed by atoms with Crippen LogP contribution in [-0.4, -0.2) is 5.91 Å². The van der Waals surface area contributed by atoms with Gasteiger partial charge in [-0.1, -0.05) is 24.3 Å². The lowest BCUT2D eigenvalue weighted by molar-refractivity contribution is -0.115. The first kappa shape index (κ1) is 12.6. The number of nitrogens with one attached hydrogen (secondary N) is 1. The van der Waals surface area contributed by atoms with Gasteiger partial charge in [0, 0.05) is 5.69 Å². The van der Waals surface area contributed by atoms with Crippen molar-refractivity contribution in [2.75, 3.05) is 5.32 Å². The Morgan fingerprint density at radius 1 is 1.17 bits per heavy atom. The molecule has 2 heteroatoms. The Morgan fingerprint density at radius 2 is 1.89 bits per heavy atom. The molecule has 0 spiro atoms. The van der Waals surface area contributed by atoms with Gasteiger partial charge in [-0.15, -0.1) is 0 Å². The van der Waals surface area contributed by atoms with Crippen LogP contribution in [0.4, 0.5) is 5.69 Å². The Kier molecular flexibility index (Phi) is 3.98. The van der Waals surface area contributed by atoms with Crippen LogP contribution in [0.5, 0.6) is 0 Å². The van der Waals surface area contributed by atoms with Crippen LogP contribution in [0, 0.1) is 13.8 Å². The predicted octanol–water partition coefficient (Wildman–Crippen LogP) is 3.91. The van der Waals surface area contributed by atoms with E-state index in [1.165, 1.54) is 11.1 Å². The van der Waals surface area contributed by atoms with Crippen molar-refractivity contribution in [2.45, 2.75) is 33.1 Å². The number of aryl methyl sites for hydroxylation is 2. The van der Waals surface area contributed by atoms with Crippen LogP contribution >= 0.6 is 0 Å². The van der Waals surface area contributed by atoms with Crippen LogP contribution in [0.1, 0.15) is 30.4 Å². The fourth-order valence-corrected chi connectivity index (χ4v) is 2.24. The van der Waals surface area contributed by atoms with Crippen molar-refractivity contribution in [2.24, 2.45) is 0 Å². The van der Waals surface area contributed by atoms with E-state index < -0.39 is 0 Å². The number of hydrogen-bond acceptors (Lipinski definition) is 1. The third-order valence-corrected chi connectivity index (χ3v) is 2.94. The summed E-state index contributed by atoms with van der Waals surface area (Å²) in [5, 5.41) is 2.96. The van der Waals surface area contributed by atoms with Gasteiger partial charge in [0.25, 0.3) is 0 Å². The number of allylic oxidation sites excluding steroid dienone is 3. The Bertz CT molecular complexity index is 492. The molecule has 94 valence electrons.